The molecule has 0 aliphatic rings. The molecule has 3 heterocycles. The molecule has 124 valence electrons. The number of aromatic nitrogens is 2. The standard InChI is InChI=1S/C17H16N2O3S2/c1-4-22-17(21)14-10(3)13-15(20)18-12(19-16(13)24-14)6-5-11-9(2)7-8-23-11/h5-8H,4H2,1-3H3,(H,18,19,20)/b6-5+. The van der Waals surface area contributed by atoms with Crippen molar-refractivity contribution in [2.45, 2.75) is 20.8 Å². The van der Waals surface area contributed by atoms with Crippen LogP contribution in [0, 0.1) is 13.8 Å². The van der Waals surface area contributed by atoms with Crippen molar-refractivity contribution in [3.8, 4) is 0 Å². The van der Waals surface area contributed by atoms with E-state index in [-0.39, 0.29) is 5.56 Å². The van der Waals surface area contributed by atoms with Crippen LogP contribution in [0.5, 0.6) is 0 Å². The molecule has 0 aliphatic heterocycles. The Kier molecular flexibility index (Phi) is 4.64. The monoisotopic (exact) mass is 360 g/mol. The number of thiophene rings is 2. The fourth-order valence-corrected chi connectivity index (χ4v) is 4.24. The molecule has 3 aromatic heterocycles. The SMILES string of the molecule is CCOC(=O)c1sc2nc(/C=C/c3sccc3C)[nH]c(=O)c2c1C. The molecule has 0 spiro atoms. The van der Waals surface area contributed by atoms with Crippen LogP contribution in [-0.4, -0.2) is 22.5 Å². The molecule has 0 unspecified atom stereocenters. The lowest BCUT2D eigenvalue weighted by Crippen LogP contribution is -2.10. The van der Waals surface area contributed by atoms with E-state index in [1.807, 2.05) is 24.4 Å². The van der Waals surface area contributed by atoms with E-state index in [9.17, 15) is 9.59 Å². The molecule has 24 heavy (non-hydrogen) atoms. The number of nitrogens with zero attached hydrogens (tertiary/aromatic N) is 1. The smallest absolute Gasteiger partial charge is 0.348 e. The second-order valence-electron chi connectivity index (χ2n) is 5.21. The number of hydrogen-bond acceptors (Lipinski definition) is 6. The van der Waals surface area contributed by atoms with Crippen LogP contribution in [0.2, 0.25) is 0 Å². The molecule has 5 nitrogen and oxygen atoms in total. The number of aromatic amines is 1. The molecule has 0 radical (unpaired) electrons. The maximum Gasteiger partial charge on any atom is 0.348 e. The molecule has 0 saturated carbocycles. The molecule has 0 amide bonds. The van der Waals surface area contributed by atoms with E-state index in [2.05, 4.69) is 9.97 Å². The summed E-state index contributed by atoms with van der Waals surface area (Å²) in [5.74, 6) is 0.0562. The van der Waals surface area contributed by atoms with Crippen LogP contribution in [0.25, 0.3) is 22.4 Å². The van der Waals surface area contributed by atoms with Gasteiger partial charge in [0.25, 0.3) is 5.56 Å². The van der Waals surface area contributed by atoms with Crippen LogP contribution >= 0.6 is 22.7 Å². The predicted octanol–water partition coefficient (Wildman–Crippen LogP) is 4.01. The minimum Gasteiger partial charge on any atom is -0.462 e. The molecule has 3 aromatic rings. The summed E-state index contributed by atoms with van der Waals surface area (Å²) in [7, 11) is 0. The second-order valence-corrected chi connectivity index (χ2v) is 7.16. The molecule has 0 bridgehead atoms. The first-order chi connectivity index (χ1) is 11.5. The average molecular weight is 360 g/mol. The normalized spacial score (nSPS) is 11.5. The number of aryl methyl sites for hydroxylation is 2. The zero-order valence-corrected chi connectivity index (χ0v) is 15.1. The van der Waals surface area contributed by atoms with Crippen LogP contribution in [0.4, 0.5) is 0 Å². The Morgan fingerprint density at radius 1 is 1.38 bits per heavy atom. The van der Waals surface area contributed by atoms with Crippen LogP contribution in [-0.2, 0) is 4.74 Å². The Morgan fingerprint density at radius 3 is 2.83 bits per heavy atom. The lowest BCUT2D eigenvalue weighted by atomic mass is 10.2. The highest BCUT2D eigenvalue weighted by Gasteiger charge is 2.19. The van der Waals surface area contributed by atoms with Gasteiger partial charge < -0.3 is 9.72 Å². The molecule has 0 aromatic carbocycles. The third kappa shape index (κ3) is 3.05. The molecular formula is C17H16N2O3S2. The third-order valence-corrected chi connectivity index (χ3v) is 5.72. The largest absolute Gasteiger partial charge is 0.462 e. The predicted molar refractivity (Wildman–Crippen MR) is 98.9 cm³/mol. The number of esters is 1. The summed E-state index contributed by atoms with van der Waals surface area (Å²) in [6, 6.07) is 2.04. The fraction of sp³-hybridized carbons (Fsp3) is 0.235. The van der Waals surface area contributed by atoms with Crippen molar-refractivity contribution in [2.75, 3.05) is 6.61 Å². The van der Waals surface area contributed by atoms with Gasteiger partial charge in [-0.25, -0.2) is 9.78 Å². The molecule has 0 saturated heterocycles. The average Bonchev–Trinajstić information content (AvgIpc) is 3.09. The Bertz CT molecular complexity index is 995. The Labute approximate surface area is 146 Å². The van der Waals surface area contributed by atoms with Crippen molar-refractivity contribution >= 4 is 51.0 Å². The van der Waals surface area contributed by atoms with Gasteiger partial charge in [-0.15, -0.1) is 22.7 Å². The van der Waals surface area contributed by atoms with Gasteiger partial charge in [-0.2, -0.15) is 0 Å². The molecule has 0 atom stereocenters. The number of hydrogen-bond donors (Lipinski definition) is 1. The van der Waals surface area contributed by atoms with Crippen molar-refractivity contribution in [1.29, 1.82) is 0 Å². The van der Waals surface area contributed by atoms with Crippen LogP contribution < -0.4 is 5.56 Å². The maximum absolute atomic E-state index is 12.4. The maximum atomic E-state index is 12.4. The number of fused-ring (bicyclic) bond motifs is 1. The van der Waals surface area contributed by atoms with Gasteiger partial charge in [0.2, 0.25) is 0 Å². The van der Waals surface area contributed by atoms with Gasteiger partial charge >= 0.3 is 5.97 Å². The molecule has 0 fully saturated rings. The number of rotatable bonds is 4. The number of carbonyl (C=O) groups is 1. The quantitative estimate of drug-likeness (QED) is 0.714. The first kappa shape index (κ1) is 16.6. The first-order valence-corrected chi connectivity index (χ1v) is 9.13. The van der Waals surface area contributed by atoms with E-state index in [0.29, 0.717) is 33.1 Å². The van der Waals surface area contributed by atoms with Gasteiger partial charge in [0.1, 0.15) is 15.5 Å². The number of ether oxygens (including phenoxy) is 1. The van der Waals surface area contributed by atoms with E-state index in [0.717, 1.165) is 4.88 Å². The van der Waals surface area contributed by atoms with Crippen LogP contribution in [0.1, 0.15) is 38.4 Å². The minimum absolute atomic E-state index is 0.244. The molecule has 7 heteroatoms. The van der Waals surface area contributed by atoms with Crippen molar-refractivity contribution in [1.82, 2.24) is 9.97 Å². The Hall–Kier alpha value is -2.25. The number of nitrogens with one attached hydrogen (secondary N) is 1. The summed E-state index contributed by atoms with van der Waals surface area (Å²) in [6.07, 6.45) is 3.70. The van der Waals surface area contributed by atoms with Crippen LogP contribution in [0.3, 0.4) is 0 Å². The molecule has 0 aliphatic carbocycles. The van der Waals surface area contributed by atoms with Crippen molar-refractivity contribution in [3.05, 3.63) is 48.5 Å². The van der Waals surface area contributed by atoms with Crippen molar-refractivity contribution < 1.29 is 9.53 Å². The summed E-state index contributed by atoms with van der Waals surface area (Å²) in [6.45, 7) is 5.82. The molecular weight excluding hydrogens is 344 g/mol. The highest BCUT2D eigenvalue weighted by Crippen LogP contribution is 2.28. The van der Waals surface area contributed by atoms with E-state index in [1.165, 1.54) is 16.9 Å². The summed E-state index contributed by atoms with van der Waals surface area (Å²) in [5.41, 5.74) is 1.55. The number of H-pyrrole nitrogens is 1. The van der Waals surface area contributed by atoms with Gasteiger partial charge in [0.15, 0.2) is 0 Å². The first-order valence-electron chi connectivity index (χ1n) is 7.44. The van der Waals surface area contributed by atoms with E-state index in [4.69, 9.17) is 4.74 Å². The van der Waals surface area contributed by atoms with Gasteiger partial charge in [-0.3, -0.25) is 4.79 Å². The summed E-state index contributed by atoms with van der Waals surface area (Å²) < 4.78 is 5.04. The van der Waals surface area contributed by atoms with Gasteiger partial charge in [-0.05, 0) is 55.5 Å². The van der Waals surface area contributed by atoms with Crippen LogP contribution in [0.15, 0.2) is 16.2 Å². The van der Waals surface area contributed by atoms with Gasteiger partial charge in [0.05, 0.1) is 12.0 Å². The Balaban J connectivity index is 2.04. The van der Waals surface area contributed by atoms with Crippen molar-refractivity contribution in [3.63, 3.8) is 0 Å². The van der Waals surface area contributed by atoms with Crippen molar-refractivity contribution in [2.24, 2.45) is 0 Å². The van der Waals surface area contributed by atoms with Gasteiger partial charge in [0, 0.05) is 4.88 Å². The summed E-state index contributed by atoms with van der Waals surface area (Å²) in [4.78, 5) is 33.7. The zero-order chi connectivity index (χ0) is 17.3. The van der Waals surface area contributed by atoms with E-state index < -0.39 is 5.97 Å². The Morgan fingerprint density at radius 2 is 2.17 bits per heavy atom. The highest BCUT2D eigenvalue weighted by atomic mass is 32.1. The summed E-state index contributed by atoms with van der Waals surface area (Å²) >= 11 is 2.82. The molecule has 3 rings (SSSR count). The van der Waals surface area contributed by atoms with E-state index >= 15 is 0 Å². The topological polar surface area (TPSA) is 72.0 Å². The molecule has 1 N–H and O–H groups in total. The lowest BCUT2D eigenvalue weighted by Gasteiger charge is -1.98. The second kappa shape index (κ2) is 6.70. The minimum atomic E-state index is -0.413. The summed E-state index contributed by atoms with van der Waals surface area (Å²) in [5, 5.41) is 2.47. The lowest BCUT2D eigenvalue weighted by molar-refractivity contribution is 0.0531. The van der Waals surface area contributed by atoms with E-state index in [1.54, 1.807) is 31.3 Å². The van der Waals surface area contributed by atoms with Gasteiger partial charge in [-0.1, -0.05) is 0 Å². The highest BCUT2D eigenvalue weighted by molar-refractivity contribution is 7.20. The third-order valence-electron chi connectivity index (χ3n) is 3.57. The number of carbonyl (C=O) groups excluding carboxylic acids is 1. The fourth-order valence-electron chi connectivity index (χ4n) is 2.34. The zero-order valence-electron chi connectivity index (χ0n) is 13.5.